The van der Waals surface area contributed by atoms with E-state index in [9.17, 15) is 4.39 Å². The molecular formula is C15H24FN3O. The van der Waals surface area contributed by atoms with Crippen molar-refractivity contribution in [3.8, 4) is 0 Å². The normalized spacial score (nSPS) is 25.9. The van der Waals surface area contributed by atoms with Gasteiger partial charge in [0.2, 0.25) is 0 Å². The summed E-state index contributed by atoms with van der Waals surface area (Å²) in [7, 11) is 2.11. The van der Waals surface area contributed by atoms with Gasteiger partial charge >= 0.3 is 0 Å². The van der Waals surface area contributed by atoms with E-state index in [4.69, 9.17) is 10.5 Å². The average Bonchev–Trinajstić information content (AvgIpc) is 2.85. The molecule has 1 aromatic heterocycles. The van der Waals surface area contributed by atoms with E-state index in [1.54, 1.807) is 6.07 Å². The van der Waals surface area contributed by atoms with Crippen LogP contribution in [0.4, 0.5) is 4.39 Å². The van der Waals surface area contributed by atoms with Crippen molar-refractivity contribution in [3.05, 3.63) is 29.8 Å². The maximum absolute atomic E-state index is 12.9. The maximum Gasteiger partial charge on any atom is 0.141 e. The molecule has 0 spiro atoms. The zero-order chi connectivity index (χ0) is 14.7. The number of pyridine rings is 1. The molecule has 0 aliphatic carbocycles. The highest BCUT2D eigenvalue weighted by molar-refractivity contribution is 5.10. The fraction of sp³-hybridized carbons (Fsp3) is 0.667. The number of hydrogen-bond acceptors (Lipinski definition) is 4. The molecule has 0 aromatic carbocycles. The number of likely N-dealkylation sites (N-methyl/N-ethyl adjacent to an activating group) is 1. The SMILES string of the molecule is CC(CN(C)C1CCOC1C)C(N)c1ccc(F)cn1. The minimum Gasteiger partial charge on any atom is -0.377 e. The van der Waals surface area contributed by atoms with Gasteiger partial charge in [-0.25, -0.2) is 4.39 Å². The Morgan fingerprint density at radius 1 is 1.55 bits per heavy atom. The van der Waals surface area contributed by atoms with Crippen LogP contribution in [-0.4, -0.2) is 42.2 Å². The molecule has 1 aliphatic heterocycles. The molecule has 2 heterocycles. The van der Waals surface area contributed by atoms with Crippen LogP contribution in [0.25, 0.3) is 0 Å². The first-order chi connectivity index (χ1) is 9.49. The van der Waals surface area contributed by atoms with Crippen molar-refractivity contribution in [1.82, 2.24) is 9.88 Å². The summed E-state index contributed by atoms with van der Waals surface area (Å²) in [5, 5.41) is 0. The topological polar surface area (TPSA) is 51.4 Å². The lowest BCUT2D eigenvalue weighted by atomic mass is 9.97. The lowest BCUT2D eigenvalue weighted by molar-refractivity contribution is 0.0774. The number of nitrogens with zero attached hydrogens (tertiary/aromatic N) is 2. The highest BCUT2D eigenvalue weighted by Gasteiger charge is 2.29. The largest absolute Gasteiger partial charge is 0.377 e. The van der Waals surface area contributed by atoms with Gasteiger partial charge in [0.15, 0.2) is 0 Å². The van der Waals surface area contributed by atoms with Crippen molar-refractivity contribution in [3.63, 3.8) is 0 Å². The lowest BCUT2D eigenvalue weighted by Crippen LogP contribution is -2.41. The van der Waals surface area contributed by atoms with Crippen molar-refractivity contribution < 1.29 is 9.13 Å². The Balaban J connectivity index is 1.93. The number of nitrogens with two attached hydrogens (primary N) is 1. The minimum atomic E-state index is -0.331. The van der Waals surface area contributed by atoms with Gasteiger partial charge in [0, 0.05) is 19.2 Å². The van der Waals surface area contributed by atoms with Crippen LogP contribution in [0.5, 0.6) is 0 Å². The van der Waals surface area contributed by atoms with Gasteiger partial charge in [0.1, 0.15) is 5.82 Å². The van der Waals surface area contributed by atoms with E-state index in [1.807, 2.05) is 0 Å². The fourth-order valence-corrected chi connectivity index (χ4v) is 2.88. The molecule has 4 nitrogen and oxygen atoms in total. The van der Waals surface area contributed by atoms with Crippen LogP contribution in [0.15, 0.2) is 18.3 Å². The fourth-order valence-electron chi connectivity index (χ4n) is 2.88. The van der Waals surface area contributed by atoms with Crippen LogP contribution < -0.4 is 5.73 Å². The molecule has 4 atom stereocenters. The summed E-state index contributed by atoms with van der Waals surface area (Å²) >= 11 is 0. The Bertz CT molecular complexity index is 426. The van der Waals surface area contributed by atoms with Crippen molar-refractivity contribution in [2.24, 2.45) is 11.7 Å². The molecule has 0 saturated carbocycles. The molecule has 0 bridgehead atoms. The second kappa shape index (κ2) is 6.61. The molecule has 4 unspecified atom stereocenters. The third-order valence-electron chi connectivity index (χ3n) is 4.18. The zero-order valence-electron chi connectivity index (χ0n) is 12.4. The molecule has 2 rings (SSSR count). The summed E-state index contributed by atoms with van der Waals surface area (Å²) in [5.74, 6) is -0.0894. The number of aromatic nitrogens is 1. The molecule has 1 saturated heterocycles. The smallest absolute Gasteiger partial charge is 0.141 e. The molecule has 1 aromatic rings. The van der Waals surface area contributed by atoms with Gasteiger partial charge in [0.25, 0.3) is 0 Å². The van der Waals surface area contributed by atoms with E-state index in [2.05, 4.69) is 30.8 Å². The first kappa shape index (κ1) is 15.4. The Hall–Kier alpha value is -1.04. The summed E-state index contributed by atoms with van der Waals surface area (Å²) in [5.41, 5.74) is 6.97. The van der Waals surface area contributed by atoms with Crippen LogP contribution in [0, 0.1) is 11.7 Å². The molecule has 0 radical (unpaired) electrons. The zero-order valence-corrected chi connectivity index (χ0v) is 12.4. The average molecular weight is 281 g/mol. The summed E-state index contributed by atoms with van der Waals surface area (Å²) in [6.07, 6.45) is 2.56. The van der Waals surface area contributed by atoms with Crippen LogP contribution in [-0.2, 0) is 4.74 Å². The van der Waals surface area contributed by atoms with E-state index >= 15 is 0 Å². The maximum atomic E-state index is 12.9. The van der Waals surface area contributed by atoms with E-state index < -0.39 is 0 Å². The Morgan fingerprint density at radius 3 is 2.85 bits per heavy atom. The molecule has 112 valence electrons. The van der Waals surface area contributed by atoms with E-state index in [-0.39, 0.29) is 23.9 Å². The first-order valence-corrected chi connectivity index (χ1v) is 7.18. The third kappa shape index (κ3) is 3.53. The highest BCUT2D eigenvalue weighted by atomic mass is 19.1. The Kier molecular flexibility index (Phi) is 5.07. The molecule has 20 heavy (non-hydrogen) atoms. The summed E-state index contributed by atoms with van der Waals surface area (Å²) in [4.78, 5) is 6.39. The second-order valence-electron chi connectivity index (χ2n) is 5.78. The molecule has 2 N–H and O–H groups in total. The second-order valence-corrected chi connectivity index (χ2v) is 5.78. The van der Waals surface area contributed by atoms with Crippen LogP contribution in [0.3, 0.4) is 0 Å². The predicted molar refractivity (Wildman–Crippen MR) is 76.7 cm³/mol. The molecule has 5 heteroatoms. The number of ether oxygens (including phenoxy) is 1. The summed E-state index contributed by atoms with van der Waals surface area (Å²) in [6, 6.07) is 3.34. The third-order valence-corrected chi connectivity index (χ3v) is 4.18. The quantitative estimate of drug-likeness (QED) is 0.896. The van der Waals surface area contributed by atoms with Crippen molar-refractivity contribution in [1.29, 1.82) is 0 Å². The van der Waals surface area contributed by atoms with Crippen molar-refractivity contribution >= 4 is 0 Å². The molecular weight excluding hydrogens is 257 g/mol. The van der Waals surface area contributed by atoms with Gasteiger partial charge in [-0.15, -0.1) is 0 Å². The number of halogens is 1. The van der Waals surface area contributed by atoms with Crippen molar-refractivity contribution in [2.75, 3.05) is 20.2 Å². The van der Waals surface area contributed by atoms with Gasteiger partial charge in [-0.05, 0) is 38.4 Å². The predicted octanol–water partition coefficient (Wildman–Crippen LogP) is 1.97. The lowest BCUT2D eigenvalue weighted by Gasteiger charge is -2.31. The van der Waals surface area contributed by atoms with Crippen LogP contribution in [0.1, 0.15) is 32.0 Å². The Labute approximate surface area is 120 Å². The molecule has 1 fully saturated rings. The number of rotatable bonds is 5. The van der Waals surface area contributed by atoms with Gasteiger partial charge in [-0.2, -0.15) is 0 Å². The van der Waals surface area contributed by atoms with Crippen LogP contribution in [0.2, 0.25) is 0 Å². The summed E-state index contributed by atoms with van der Waals surface area (Å²) in [6.45, 7) is 5.92. The van der Waals surface area contributed by atoms with Gasteiger partial charge in [0.05, 0.1) is 24.0 Å². The van der Waals surface area contributed by atoms with Crippen LogP contribution >= 0.6 is 0 Å². The highest BCUT2D eigenvalue weighted by Crippen LogP contribution is 2.23. The monoisotopic (exact) mass is 281 g/mol. The van der Waals surface area contributed by atoms with E-state index in [0.29, 0.717) is 6.04 Å². The van der Waals surface area contributed by atoms with Crippen molar-refractivity contribution in [2.45, 2.75) is 38.5 Å². The number of hydrogen-bond donors (Lipinski definition) is 1. The molecule has 1 aliphatic rings. The van der Waals surface area contributed by atoms with E-state index in [1.165, 1.54) is 12.3 Å². The van der Waals surface area contributed by atoms with Gasteiger partial charge in [-0.1, -0.05) is 6.92 Å². The minimum absolute atomic E-state index is 0.185. The van der Waals surface area contributed by atoms with Gasteiger partial charge < -0.3 is 15.4 Å². The standard InChI is InChI=1S/C15H24FN3O/c1-10(9-19(3)14-6-7-20-11(14)2)15(17)13-5-4-12(16)8-18-13/h4-5,8,10-11,14-15H,6-7,9,17H2,1-3H3. The first-order valence-electron chi connectivity index (χ1n) is 7.18. The summed E-state index contributed by atoms with van der Waals surface area (Å²) < 4.78 is 18.5. The Morgan fingerprint density at radius 2 is 2.30 bits per heavy atom. The molecule has 0 amide bonds. The van der Waals surface area contributed by atoms with E-state index in [0.717, 1.165) is 25.3 Å². The van der Waals surface area contributed by atoms with Gasteiger partial charge in [-0.3, -0.25) is 4.98 Å².